The molecule has 0 spiro atoms. The minimum atomic E-state index is -3.77. The Morgan fingerprint density at radius 1 is 1.53 bits per heavy atom. The molecule has 0 bridgehead atoms. The van der Waals surface area contributed by atoms with Crippen molar-refractivity contribution in [2.45, 2.75) is 11.8 Å². The summed E-state index contributed by atoms with van der Waals surface area (Å²) in [6, 6.07) is 0. The molecule has 0 aromatic carbocycles. The number of nitrogen functional groups attached to an aromatic ring is 1. The summed E-state index contributed by atoms with van der Waals surface area (Å²) in [4.78, 5) is -0.0322. The van der Waals surface area contributed by atoms with Gasteiger partial charge in [0.1, 0.15) is 5.51 Å². The second kappa shape index (κ2) is 3.96. The van der Waals surface area contributed by atoms with E-state index in [0.717, 1.165) is 11.3 Å². The smallest absolute Gasteiger partial charge is 0.269 e. The maximum atomic E-state index is 12.0. The van der Waals surface area contributed by atoms with Gasteiger partial charge in [-0.15, -0.1) is 10.2 Å². The van der Waals surface area contributed by atoms with Gasteiger partial charge in [0.05, 0.1) is 5.69 Å². The lowest BCUT2D eigenvalue weighted by Gasteiger charge is -2.04. The molecule has 92 valence electrons. The molecule has 8 nitrogen and oxygen atoms in total. The molecule has 0 amide bonds. The summed E-state index contributed by atoms with van der Waals surface area (Å²) < 4.78 is 27.8. The second-order valence-corrected chi connectivity index (χ2v) is 5.73. The Morgan fingerprint density at radius 2 is 2.24 bits per heavy atom. The monoisotopic (exact) mass is 274 g/mol. The van der Waals surface area contributed by atoms with E-state index in [9.17, 15) is 8.42 Å². The fourth-order valence-corrected chi connectivity index (χ4v) is 3.35. The summed E-state index contributed by atoms with van der Waals surface area (Å²) in [5, 5.41) is 11.2. The number of aryl methyl sites for hydroxylation is 1. The first-order valence-corrected chi connectivity index (χ1v) is 6.86. The van der Waals surface area contributed by atoms with Gasteiger partial charge in [0.2, 0.25) is 5.13 Å². The third kappa shape index (κ3) is 2.08. The number of rotatable bonds is 3. The molecule has 2 rings (SSSR count). The van der Waals surface area contributed by atoms with Crippen LogP contribution < -0.4 is 10.5 Å². The van der Waals surface area contributed by atoms with Gasteiger partial charge < -0.3 is 5.73 Å². The van der Waals surface area contributed by atoms with E-state index in [1.165, 1.54) is 10.2 Å². The van der Waals surface area contributed by atoms with Crippen molar-refractivity contribution in [2.24, 2.45) is 7.05 Å². The molecule has 0 aliphatic heterocycles. The normalized spacial score (nSPS) is 11.6. The minimum Gasteiger partial charge on any atom is -0.381 e. The summed E-state index contributed by atoms with van der Waals surface area (Å²) in [6.45, 7) is 1.62. The maximum Gasteiger partial charge on any atom is 0.269 e. The van der Waals surface area contributed by atoms with Crippen molar-refractivity contribution < 1.29 is 8.42 Å². The summed E-state index contributed by atoms with van der Waals surface area (Å²) in [5.74, 6) is -0.0398. The van der Waals surface area contributed by atoms with Gasteiger partial charge in [0, 0.05) is 7.05 Å². The quantitative estimate of drug-likeness (QED) is 0.811. The van der Waals surface area contributed by atoms with E-state index < -0.39 is 10.0 Å². The van der Waals surface area contributed by atoms with Gasteiger partial charge in [0.15, 0.2) is 10.7 Å². The number of sulfonamides is 1. The average Bonchev–Trinajstić information content (AvgIpc) is 2.76. The minimum absolute atomic E-state index is 0.0322. The molecule has 3 N–H and O–H groups in total. The summed E-state index contributed by atoms with van der Waals surface area (Å²) in [7, 11) is -2.15. The highest BCUT2D eigenvalue weighted by Gasteiger charge is 2.25. The lowest BCUT2D eigenvalue weighted by atomic mass is 10.5. The molecular weight excluding hydrogens is 264 g/mol. The van der Waals surface area contributed by atoms with Gasteiger partial charge >= 0.3 is 0 Å². The first-order valence-electron chi connectivity index (χ1n) is 4.50. The molecule has 0 fully saturated rings. The van der Waals surface area contributed by atoms with Crippen LogP contribution in [0.1, 0.15) is 5.69 Å². The van der Waals surface area contributed by atoms with Gasteiger partial charge in [-0.05, 0) is 6.92 Å². The summed E-state index contributed by atoms with van der Waals surface area (Å²) >= 11 is 1.08. The molecule has 0 atom stereocenters. The Bertz CT molecular complexity index is 630. The topological polar surface area (TPSA) is 116 Å². The van der Waals surface area contributed by atoms with Crippen molar-refractivity contribution in [3.63, 3.8) is 0 Å². The van der Waals surface area contributed by atoms with Crippen molar-refractivity contribution in [2.75, 3.05) is 10.5 Å². The summed E-state index contributed by atoms with van der Waals surface area (Å²) in [5.41, 5.74) is 7.46. The zero-order valence-electron chi connectivity index (χ0n) is 9.08. The molecule has 2 heterocycles. The van der Waals surface area contributed by atoms with Crippen LogP contribution in [0.15, 0.2) is 10.4 Å². The van der Waals surface area contributed by atoms with Gasteiger partial charge in [-0.3, -0.25) is 9.40 Å². The molecule has 0 unspecified atom stereocenters. The number of anilines is 2. The predicted molar refractivity (Wildman–Crippen MR) is 63.1 cm³/mol. The van der Waals surface area contributed by atoms with Crippen LogP contribution in [0.25, 0.3) is 0 Å². The Hall–Kier alpha value is -1.68. The largest absolute Gasteiger partial charge is 0.381 e. The number of hydrogen-bond donors (Lipinski definition) is 2. The fourth-order valence-electron chi connectivity index (χ4n) is 1.33. The number of aromatic nitrogens is 4. The zero-order chi connectivity index (χ0) is 12.6. The molecule has 17 heavy (non-hydrogen) atoms. The number of hydrogen-bond acceptors (Lipinski definition) is 7. The van der Waals surface area contributed by atoms with Crippen LogP contribution in [0.2, 0.25) is 0 Å². The predicted octanol–water partition coefficient (Wildman–Crippen LogP) is -0.0370. The van der Waals surface area contributed by atoms with Crippen LogP contribution in [0.5, 0.6) is 0 Å². The van der Waals surface area contributed by atoms with E-state index in [2.05, 4.69) is 20.0 Å². The van der Waals surface area contributed by atoms with E-state index >= 15 is 0 Å². The van der Waals surface area contributed by atoms with Crippen LogP contribution in [-0.4, -0.2) is 28.4 Å². The molecule has 0 saturated heterocycles. The second-order valence-electron chi connectivity index (χ2n) is 3.27. The van der Waals surface area contributed by atoms with Crippen molar-refractivity contribution >= 4 is 32.3 Å². The maximum absolute atomic E-state index is 12.0. The lowest BCUT2D eigenvalue weighted by Crippen LogP contribution is -2.15. The van der Waals surface area contributed by atoms with Crippen molar-refractivity contribution in [3.05, 3.63) is 11.2 Å². The standard InChI is InChI=1S/C7H10N6O2S2/c1-4-5(6(8)11-13(4)2)17(14,15)12-7-10-9-3-16-7/h3H,1-2H3,(H2,8,11)(H,10,12). The van der Waals surface area contributed by atoms with Crippen LogP contribution in [-0.2, 0) is 17.1 Å². The van der Waals surface area contributed by atoms with E-state index in [0.29, 0.717) is 5.69 Å². The van der Waals surface area contributed by atoms with Gasteiger partial charge in [-0.2, -0.15) is 5.10 Å². The van der Waals surface area contributed by atoms with E-state index in [1.54, 1.807) is 14.0 Å². The molecule has 0 radical (unpaired) electrons. The van der Waals surface area contributed by atoms with Crippen molar-refractivity contribution in [1.29, 1.82) is 0 Å². The highest BCUT2D eigenvalue weighted by atomic mass is 32.2. The number of nitrogens with two attached hydrogens (primary N) is 1. The van der Waals surface area contributed by atoms with Crippen LogP contribution >= 0.6 is 11.3 Å². The molecule has 0 aliphatic carbocycles. The summed E-state index contributed by atoms with van der Waals surface area (Å²) in [6.07, 6.45) is 0. The van der Waals surface area contributed by atoms with Crippen LogP contribution in [0.3, 0.4) is 0 Å². The first-order chi connectivity index (χ1) is 7.92. The molecule has 0 saturated carbocycles. The fraction of sp³-hybridized carbons (Fsp3) is 0.286. The molecule has 0 aliphatic rings. The van der Waals surface area contributed by atoms with Gasteiger partial charge in [-0.1, -0.05) is 11.3 Å². The van der Waals surface area contributed by atoms with Crippen molar-refractivity contribution in [1.82, 2.24) is 20.0 Å². The Kier molecular flexibility index (Phi) is 2.75. The van der Waals surface area contributed by atoms with E-state index in [4.69, 9.17) is 5.73 Å². The molecule has 2 aromatic heterocycles. The molecule has 10 heteroatoms. The Balaban J connectivity index is 2.45. The van der Waals surface area contributed by atoms with E-state index in [1.807, 2.05) is 0 Å². The SMILES string of the molecule is Cc1c(S(=O)(=O)Nc2nncs2)c(N)nn1C. The average molecular weight is 274 g/mol. The van der Waals surface area contributed by atoms with E-state index in [-0.39, 0.29) is 15.8 Å². The Labute approximate surface area is 102 Å². The lowest BCUT2D eigenvalue weighted by molar-refractivity contribution is 0.600. The molecular formula is C7H10N6O2S2. The molecule has 2 aromatic rings. The highest BCUT2D eigenvalue weighted by molar-refractivity contribution is 7.93. The van der Waals surface area contributed by atoms with Crippen LogP contribution in [0.4, 0.5) is 10.9 Å². The van der Waals surface area contributed by atoms with Gasteiger partial charge in [0.25, 0.3) is 10.0 Å². The van der Waals surface area contributed by atoms with Gasteiger partial charge in [-0.25, -0.2) is 8.42 Å². The number of nitrogens with zero attached hydrogens (tertiary/aromatic N) is 4. The first kappa shape index (κ1) is 11.8. The van der Waals surface area contributed by atoms with Crippen LogP contribution in [0, 0.1) is 6.92 Å². The number of nitrogens with one attached hydrogen (secondary N) is 1. The highest BCUT2D eigenvalue weighted by Crippen LogP contribution is 2.24. The third-order valence-electron chi connectivity index (χ3n) is 2.15. The van der Waals surface area contributed by atoms with Crippen molar-refractivity contribution in [3.8, 4) is 0 Å². The Morgan fingerprint density at radius 3 is 2.71 bits per heavy atom. The zero-order valence-corrected chi connectivity index (χ0v) is 10.7. The third-order valence-corrected chi connectivity index (χ3v) is 4.39.